The highest BCUT2D eigenvalue weighted by molar-refractivity contribution is 4.86. The molecule has 0 amide bonds. The predicted octanol–water partition coefficient (Wildman–Crippen LogP) is 0.504. The van der Waals surface area contributed by atoms with Gasteiger partial charge in [-0.05, 0) is 23.3 Å². The van der Waals surface area contributed by atoms with Gasteiger partial charge in [0.15, 0.2) is 5.82 Å². The fourth-order valence-electron chi connectivity index (χ4n) is 1.39. The van der Waals surface area contributed by atoms with Crippen LogP contribution in [0.25, 0.3) is 0 Å². The molecule has 0 unspecified atom stereocenters. The number of aromatic nitrogens is 4. The Hall–Kier alpha value is -1.22. The third-order valence-corrected chi connectivity index (χ3v) is 2.45. The molecule has 1 aromatic rings. The highest BCUT2D eigenvalue weighted by Gasteiger charge is 2.27. The van der Waals surface area contributed by atoms with Gasteiger partial charge < -0.3 is 10.1 Å². The Balaban J connectivity index is 1.69. The summed E-state index contributed by atoms with van der Waals surface area (Å²) < 4.78 is 41.5. The van der Waals surface area contributed by atoms with E-state index in [1.54, 1.807) is 0 Å². The molecule has 1 aromatic heterocycles. The first-order valence-corrected chi connectivity index (χ1v) is 5.67. The molecule has 0 radical (unpaired) electrons. The molecule has 2 rings (SSSR count). The van der Waals surface area contributed by atoms with Crippen molar-refractivity contribution < 1.29 is 17.9 Å². The number of rotatable bonds is 7. The smallest absolute Gasteiger partial charge is 0.370 e. The van der Waals surface area contributed by atoms with Crippen molar-refractivity contribution in [2.24, 2.45) is 0 Å². The van der Waals surface area contributed by atoms with Crippen molar-refractivity contribution in [3.8, 4) is 0 Å². The van der Waals surface area contributed by atoms with Gasteiger partial charge >= 0.3 is 6.18 Å². The van der Waals surface area contributed by atoms with Crippen LogP contribution in [0.1, 0.15) is 18.7 Å². The number of nitrogens with one attached hydrogen (secondary N) is 1. The second-order valence-corrected chi connectivity index (χ2v) is 4.14. The maximum atomic E-state index is 11.8. The highest BCUT2D eigenvalue weighted by Crippen LogP contribution is 2.18. The number of hydrogen-bond donors (Lipinski definition) is 1. The molecule has 6 nitrogen and oxygen atoms in total. The van der Waals surface area contributed by atoms with E-state index >= 15 is 0 Å². The Bertz CT molecular complexity index is 377. The quantitative estimate of drug-likeness (QED) is 0.727. The lowest BCUT2D eigenvalue weighted by Gasteiger charge is -2.08. The van der Waals surface area contributed by atoms with Crippen molar-refractivity contribution in [3.63, 3.8) is 0 Å². The first-order chi connectivity index (χ1) is 8.54. The van der Waals surface area contributed by atoms with Crippen molar-refractivity contribution in [2.75, 3.05) is 13.2 Å². The van der Waals surface area contributed by atoms with Crippen molar-refractivity contribution in [1.29, 1.82) is 0 Å². The molecule has 18 heavy (non-hydrogen) atoms. The Labute approximate surface area is 101 Å². The van der Waals surface area contributed by atoms with Gasteiger partial charge in [-0.1, -0.05) is 0 Å². The minimum atomic E-state index is -4.29. The van der Waals surface area contributed by atoms with Gasteiger partial charge in [0, 0.05) is 6.04 Å². The van der Waals surface area contributed by atoms with Gasteiger partial charge in [0.1, 0.15) is 6.61 Å². The zero-order valence-corrected chi connectivity index (χ0v) is 9.65. The van der Waals surface area contributed by atoms with Crippen LogP contribution in [0, 0.1) is 0 Å². The first-order valence-electron chi connectivity index (χ1n) is 5.67. The summed E-state index contributed by atoms with van der Waals surface area (Å²) in [6, 6.07) is 0.525. The van der Waals surface area contributed by atoms with Crippen LogP contribution in [-0.4, -0.2) is 45.6 Å². The van der Waals surface area contributed by atoms with Crippen LogP contribution >= 0.6 is 0 Å². The largest absolute Gasteiger partial charge is 0.411 e. The Morgan fingerprint density at radius 2 is 2.17 bits per heavy atom. The van der Waals surface area contributed by atoms with E-state index in [-0.39, 0.29) is 13.2 Å². The lowest BCUT2D eigenvalue weighted by Crippen LogP contribution is -2.22. The Morgan fingerprint density at radius 1 is 1.39 bits per heavy atom. The molecule has 0 spiro atoms. The molecule has 1 aliphatic rings. The standard InChI is InChI=1S/C9H14F3N5O/c10-9(11,12)6-18-4-3-17-8(14-15-16-17)5-13-7-1-2-7/h7,13H,1-6H2. The summed E-state index contributed by atoms with van der Waals surface area (Å²) >= 11 is 0. The minimum absolute atomic E-state index is 0.0685. The van der Waals surface area contributed by atoms with Gasteiger partial charge in [-0.15, -0.1) is 5.10 Å². The number of hydrogen-bond acceptors (Lipinski definition) is 5. The van der Waals surface area contributed by atoms with Gasteiger partial charge in [0.2, 0.25) is 0 Å². The molecule has 0 saturated heterocycles. The monoisotopic (exact) mass is 265 g/mol. The van der Waals surface area contributed by atoms with E-state index in [4.69, 9.17) is 0 Å². The van der Waals surface area contributed by atoms with E-state index in [1.807, 2.05) is 0 Å². The molecule has 0 aliphatic heterocycles. The zero-order valence-electron chi connectivity index (χ0n) is 9.65. The lowest BCUT2D eigenvalue weighted by molar-refractivity contribution is -0.174. The minimum Gasteiger partial charge on any atom is -0.370 e. The van der Waals surface area contributed by atoms with Crippen LogP contribution in [-0.2, 0) is 17.8 Å². The van der Waals surface area contributed by atoms with Crippen molar-refractivity contribution in [2.45, 2.75) is 38.1 Å². The maximum absolute atomic E-state index is 11.8. The van der Waals surface area contributed by atoms with E-state index < -0.39 is 12.8 Å². The molecule has 1 heterocycles. The van der Waals surface area contributed by atoms with Gasteiger partial charge in [0.25, 0.3) is 0 Å². The molecule has 1 fully saturated rings. The lowest BCUT2D eigenvalue weighted by atomic mass is 10.5. The molecule has 1 N–H and O–H groups in total. The maximum Gasteiger partial charge on any atom is 0.411 e. The van der Waals surface area contributed by atoms with Crippen molar-refractivity contribution in [1.82, 2.24) is 25.5 Å². The number of ether oxygens (including phenoxy) is 1. The SMILES string of the molecule is FC(F)(F)COCCn1nnnc1CNC1CC1. The second-order valence-electron chi connectivity index (χ2n) is 4.14. The number of nitrogens with zero attached hydrogens (tertiary/aromatic N) is 4. The van der Waals surface area contributed by atoms with Gasteiger partial charge in [-0.25, -0.2) is 4.68 Å². The Kier molecular flexibility index (Phi) is 4.12. The first kappa shape index (κ1) is 13.2. The summed E-state index contributed by atoms with van der Waals surface area (Å²) in [4.78, 5) is 0. The third kappa shape index (κ3) is 4.57. The molecule has 0 bridgehead atoms. The van der Waals surface area contributed by atoms with Crippen LogP contribution < -0.4 is 5.32 Å². The average Bonchev–Trinajstić information content (AvgIpc) is 3.01. The molecule has 102 valence electrons. The highest BCUT2D eigenvalue weighted by atomic mass is 19.4. The van der Waals surface area contributed by atoms with E-state index in [1.165, 1.54) is 4.68 Å². The topological polar surface area (TPSA) is 64.9 Å². The van der Waals surface area contributed by atoms with E-state index in [9.17, 15) is 13.2 Å². The molecule has 9 heteroatoms. The molecule has 0 aromatic carbocycles. The molecule has 1 saturated carbocycles. The molecular weight excluding hydrogens is 251 g/mol. The van der Waals surface area contributed by atoms with Gasteiger partial charge in [0.05, 0.1) is 19.7 Å². The Morgan fingerprint density at radius 3 is 2.83 bits per heavy atom. The molecule has 1 aliphatic carbocycles. The summed E-state index contributed by atoms with van der Waals surface area (Å²) in [6.07, 6.45) is -2.00. The third-order valence-electron chi connectivity index (χ3n) is 2.45. The van der Waals surface area contributed by atoms with E-state index in [2.05, 4.69) is 25.6 Å². The number of alkyl halides is 3. The van der Waals surface area contributed by atoms with Gasteiger partial charge in [-0.3, -0.25) is 0 Å². The summed E-state index contributed by atoms with van der Waals surface area (Å²) in [6.45, 7) is -0.576. The van der Waals surface area contributed by atoms with Crippen molar-refractivity contribution >= 4 is 0 Å². The zero-order chi connectivity index (χ0) is 13.0. The summed E-state index contributed by atoms with van der Waals surface area (Å²) in [5, 5.41) is 14.2. The van der Waals surface area contributed by atoms with E-state index in [0.717, 1.165) is 12.8 Å². The van der Waals surface area contributed by atoms with Crippen LogP contribution in [0.15, 0.2) is 0 Å². The fraction of sp³-hybridized carbons (Fsp3) is 0.889. The van der Waals surface area contributed by atoms with Crippen LogP contribution in [0.5, 0.6) is 0 Å². The number of halogens is 3. The normalized spacial score (nSPS) is 16.2. The summed E-state index contributed by atoms with van der Waals surface area (Å²) in [7, 11) is 0. The molecule has 0 atom stereocenters. The summed E-state index contributed by atoms with van der Waals surface area (Å²) in [5.41, 5.74) is 0. The van der Waals surface area contributed by atoms with E-state index in [0.29, 0.717) is 18.4 Å². The average molecular weight is 265 g/mol. The predicted molar refractivity (Wildman–Crippen MR) is 54.6 cm³/mol. The van der Waals surface area contributed by atoms with Crippen LogP contribution in [0.4, 0.5) is 13.2 Å². The van der Waals surface area contributed by atoms with Crippen molar-refractivity contribution in [3.05, 3.63) is 5.82 Å². The summed E-state index contributed by atoms with van der Waals surface area (Å²) in [5.74, 6) is 0.609. The number of tetrazole rings is 1. The second kappa shape index (κ2) is 5.61. The fourth-order valence-corrected chi connectivity index (χ4v) is 1.39. The van der Waals surface area contributed by atoms with Crippen LogP contribution in [0.3, 0.4) is 0 Å². The van der Waals surface area contributed by atoms with Crippen LogP contribution in [0.2, 0.25) is 0 Å². The molecular formula is C9H14F3N5O. The van der Waals surface area contributed by atoms with Gasteiger partial charge in [-0.2, -0.15) is 13.2 Å².